The number of hydrogen-bond donors (Lipinski definition) is 3. The van der Waals surface area contributed by atoms with E-state index in [0.29, 0.717) is 38.0 Å². The zero-order valence-electron chi connectivity index (χ0n) is 39.8. The van der Waals surface area contributed by atoms with Crippen LogP contribution >= 0.6 is 0 Å². The number of pyridine rings is 1. The molecule has 1 aromatic heterocycles. The average Bonchev–Trinajstić information content (AvgIpc) is 4.19. The molecule has 360 valence electrons. The number of carbonyl (C=O) groups is 4. The number of amidine groups is 1. The van der Waals surface area contributed by atoms with Crippen molar-refractivity contribution in [3.8, 4) is 22.4 Å². The Hall–Kier alpha value is -6.10. The summed E-state index contributed by atoms with van der Waals surface area (Å²) < 4.78 is 41.4. The normalized spacial score (nSPS) is 22.0. The molecule has 16 nitrogen and oxygen atoms in total. The van der Waals surface area contributed by atoms with Crippen molar-refractivity contribution in [3.63, 3.8) is 0 Å². The molecule has 1 spiro atoms. The Labute approximate surface area is 398 Å². The first kappa shape index (κ1) is 47.0. The first-order chi connectivity index (χ1) is 32.6. The number of aliphatic imine (C=N–C) groups is 1. The van der Waals surface area contributed by atoms with E-state index < -0.39 is 40.3 Å². The van der Waals surface area contributed by atoms with Gasteiger partial charge in [0.25, 0.3) is 10.0 Å². The summed E-state index contributed by atoms with van der Waals surface area (Å²) in [6, 6.07) is 11.5. The lowest BCUT2D eigenvalue weighted by Gasteiger charge is -2.32. The van der Waals surface area contributed by atoms with Crippen molar-refractivity contribution in [1.29, 1.82) is 0 Å². The van der Waals surface area contributed by atoms with Gasteiger partial charge in [0.1, 0.15) is 22.8 Å². The van der Waals surface area contributed by atoms with Gasteiger partial charge in [0, 0.05) is 48.7 Å². The second-order valence-electron chi connectivity index (χ2n) is 19.9. The van der Waals surface area contributed by atoms with E-state index in [1.165, 1.54) is 38.2 Å². The highest BCUT2D eigenvalue weighted by atomic mass is 32.2. The number of fused-ring (bicyclic) bond motifs is 2. The number of ether oxygens (including phenoxy) is 2. The minimum atomic E-state index is -4.10. The number of alkyl carbamates (subject to hydrolysis) is 2. The van der Waals surface area contributed by atoms with E-state index in [-0.39, 0.29) is 45.8 Å². The zero-order chi connectivity index (χ0) is 48.1. The van der Waals surface area contributed by atoms with Gasteiger partial charge in [-0.05, 0) is 109 Å². The molecule has 3 aromatic rings. The van der Waals surface area contributed by atoms with Crippen LogP contribution in [0.4, 0.5) is 15.3 Å². The van der Waals surface area contributed by atoms with Gasteiger partial charge in [0.05, 0.1) is 37.7 Å². The predicted molar refractivity (Wildman–Crippen MR) is 259 cm³/mol. The Kier molecular flexibility index (Phi) is 13.0. The van der Waals surface area contributed by atoms with Gasteiger partial charge in [-0.25, -0.2) is 9.59 Å². The predicted octanol–water partition coefficient (Wildman–Crippen LogP) is 7.52. The lowest BCUT2D eigenvalue weighted by atomic mass is 9.82. The topological polar surface area (TPSA) is 201 Å². The Morgan fingerprint density at radius 2 is 1.34 bits per heavy atom. The smallest absolute Gasteiger partial charge is 0.407 e. The number of allylic oxidation sites excluding steroid dienone is 1. The van der Waals surface area contributed by atoms with Gasteiger partial charge in [-0.3, -0.25) is 19.6 Å². The van der Waals surface area contributed by atoms with E-state index in [2.05, 4.69) is 44.6 Å². The van der Waals surface area contributed by atoms with Crippen molar-refractivity contribution in [2.45, 2.75) is 127 Å². The monoisotopic (exact) mass is 946 g/mol. The fraction of sp³-hybridized carbons (Fsp3) is 0.510. The van der Waals surface area contributed by atoms with E-state index in [4.69, 9.17) is 19.5 Å². The Morgan fingerprint density at radius 3 is 1.96 bits per heavy atom. The number of sulfonamides is 1. The molecule has 2 saturated heterocycles. The van der Waals surface area contributed by atoms with Crippen LogP contribution < -0.4 is 16.0 Å². The highest BCUT2D eigenvalue weighted by Gasteiger charge is 2.44. The van der Waals surface area contributed by atoms with Gasteiger partial charge in [0.2, 0.25) is 11.8 Å². The minimum absolute atomic E-state index is 0.0681. The van der Waals surface area contributed by atoms with Crippen LogP contribution in [-0.4, -0.2) is 110 Å². The third-order valence-corrected chi connectivity index (χ3v) is 16.3. The largest absolute Gasteiger partial charge is 0.453 e. The molecule has 4 amide bonds. The number of hydrogen-bond acceptors (Lipinski definition) is 11. The fourth-order valence-electron chi connectivity index (χ4n) is 11.4. The van der Waals surface area contributed by atoms with Crippen molar-refractivity contribution in [2.75, 3.05) is 32.6 Å². The van der Waals surface area contributed by atoms with Crippen molar-refractivity contribution in [2.24, 2.45) is 26.6 Å². The lowest BCUT2D eigenvalue weighted by molar-refractivity contribution is -0.134. The second-order valence-corrected chi connectivity index (χ2v) is 21.5. The van der Waals surface area contributed by atoms with Crippen LogP contribution in [0.25, 0.3) is 28.0 Å². The summed E-state index contributed by atoms with van der Waals surface area (Å²) in [5.74, 6) is -0.602. The number of rotatable bonds is 11. The number of aromatic nitrogens is 1. The van der Waals surface area contributed by atoms with Gasteiger partial charge in [-0.15, -0.1) is 4.40 Å². The summed E-state index contributed by atoms with van der Waals surface area (Å²) in [7, 11) is -1.56. The van der Waals surface area contributed by atoms with Crippen LogP contribution in [0, 0.1) is 17.3 Å². The van der Waals surface area contributed by atoms with E-state index in [9.17, 15) is 27.6 Å². The number of amides is 4. The molecule has 68 heavy (non-hydrogen) atoms. The molecule has 3 fully saturated rings. The van der Waals surface area contributed by atoms with Crippen LogP contribution in [0.1, 0.15) is 102 Å². The second kappa shape index (κ2) is 18.8. The molecule has 0 bridgehead atoms. The van der Waals surface area contributed by atoms with Gasteiger partial charge in [-0.1, -0.05) is 70.9 Å². The molecule has 4 aliphatic heterocycles. The van der Waals surface area contributed by atoms with Gasteiger partial charge in [-0.2, -0.15) is 8.42 Å². The van der Waals surface area contributed by atoms with Crippen LogP contribution in [0.3, 0.4) is 0 Å². The van der Waals surface area contributed by atoms with Gasteiger partial charge >= 0.3 is 12.2 Å². The van der Waals surface area contributed by atoms with Crippen molar-refractivity contribution >= 4 is 56.8 Å². The maximum Gasteiger partial charge on any atom is 0.407 e. The molecular formula is C51H62N8O8S. The quantitative estimate of drug-likeness (QED) is 0.173. The number of nitrogens with one attached hydrogen (secondary N) is 3. The van der Waals surface area contributed by atoms with Gasteiger partial charge in [0.15, 0.2) is 0 Å². The summed E-state index contributed by atoms with van der Waals surface area (Å²) >= 11 is 0. The summed E-state index contributed by atoms with van der Waals surface area (Å²) in [5, 5.41) is 8.71. The Morgan fingerprint density at radius 1 is 0.765 bits per heavy atom. The molecule has 5 heterocycles. The third-order valence-electron chi connectivity index (χ3n) is 15.0. The number of anilines is 1. The third kappa shape index (κ3) is 8.89. The lowest BCUT2D eigenvalue weighted by Crippen LogP contribution is -2.54. The van der Waals surface area contributed by atoms with Crippen molar-refractivity contribution in [1.82, 2.24) is 25.4 Å². The molecule has 4 unspecified atom stereocenters. The molecule has 9 rings (SSSR count). The van der Waals surface area contributed by atoms with E-state index in [1.807, 2.05) is 57.1 Å². The fourth-order valence-corrected chi connectivity index (χ4v) is 12.5. The van der Waals surface area contributed by atoms with Crippen LogP contribution in [0.2, 0.25) is 0 Å². The van der Waals surface area contributed by atoms with Crippen LogP contribution in [-0.2, 0) is 41.9 Å². The van der Waals surface area contributed by atoms with Crippen molar-refractivity contribution < 1.29 is 37.1 Å². The minimum Gasteiger partial charge on any atom is -0.453 e. The Bertz CT molecular complexity index is 2720. The zero-order valence-corrected chi connectivity index (χ0v) is 40.6. The molecule has 17 heteroatoms. The van der Waals surface area contributed by atoms with E-state index >= 15 is 0 Å². The number of benzene rings is 2. The first-order valence-corrected chi connectivity index (χ1v) is 25.5. The average molecular weight is 947 g/mol. The SMILES string of the molecule is COC(=O)NC(C(=O)N1CCCC1C1=NC=C(c2ccc(-c3ncc(-c4ccc5c(c4)NC(C4CCCN4C(=O)C(NC(=O)OC)C(C)C)=NS5(=O)=O)c4c3CC3(CCCC3)C4)cc2)C1)C(C)C. The number of nitrogens with zero attached hydrogens (tertiary/aromatic N) is 5. The molecular weight excluding hydrogens is 885 g/mol. The summed E-state index contributed by atoms with van der Waals surface area (Å²) in [5.41, 5.74) is 9.91. The highest BCUT2D eigenvalue weighted by molar-refractivity contribution is 7.90. The molecule has 0 radical (unpaired) electrons. The molecule has 1 saturated carbocycles. The summed E-state index contributed by atoms with van der Waals surface area (Å²) in [6.07, 6.45) is 12.5. The first-order valence-electron chi connectivity index (χ1n) is 24.0. The maximum atomic E-state index is 13.9. The molecule has 6 aliphatic rings. The molecule has 2 aromatic carbocycles. The highest BCUT2D eigenvalue weighted by Crippen LogP contribution is 2.53. The summed E-state index contributed by atoms with van der Waals surface area (Å²) in [6.45, 7) is 8.50. The maximum absolute atomic E-state index is 13.9. The van der Waals surface area contributed by atoms with E-state index in [0.717, 1.165) is 77.8 Å². The Balaban J connectivity index is 0.951. The molecule has 2 aliphatic carbocycles. The van der Waals surface area contributed by atoms with E-state index in [1.54, 1.807) is 11.0 Å². The molecule has 3 N–H and O–H groups in total. The summed E-state index contributed by atoms with van der Waals surface area (Å²) in [4.78, 5) is 65.5. The number of likely N-dealkylation sites (tertiary alicyclic amines) is 2. The van der Waals surface area contributed by atoms with Gasteiger partial charge < -0.3 is 35.2 Å². The number of carbonyl (C=O) groups excluding carboxylic acids is 4. The van der Waals surface area contributed by atoms with Crippen molar-refractivity contribution in [3.05, 3.63) is 71.6 Å². The number of methoxy groups -OCH3 is 2. The standard InChI is InChI=1S/C51H62N8O8S/c1-29(2)43(55-49(62)66-5)47(60)58-21-9-11-40(58)38-24-34(27-52-38)31-13-15-32(16-14-31)45-36-26-51(19-7-8-20-51)25-35(36)37(28-53-45)33-17-18-42-39(23-33)54-46(57-68(42,64)65)41-12-10-22-59(41)48(61)44(30(3)4)56-50(63)67-6/h13-18,23,27-30,40-41,43-44H,7-12,19-22,24-26H2,1-6H3,(H,54,57)(H,55,62)(H,56,63). The van der Waals surface area contributed by atoms with Crippen LogP contribution in [0.15, 0.2) is 69.1 Å². The van der Waals surface area contributed by atoms with Crippen LogP contribution in [0.5, 0.6) is 0 Å². The molecule has 4 atom stereocenters.